The average molecular weight is 211 g/mol. The molecule has 4 nitrogen and oxygen atoms in total. The monoisotopic (exact) mass is 211 g/mol. The molecule has 0 aromatic heterocycles. The van der Waals surface area contributed by atoms with Gasteiger partial charge in [0.25, 0.3) is 0 Å². The molecule has 1 rings (SSSR count). The van der Waals surface area contributed by atoms with Crippen LogP contribution in [0.3, 0.4) is 0 Å². The zero-order chi connectivity index (χ0) is 11.4. The SMILES string of the molecule is C=CC(=O)N1CCN(C)[C@@H](CN(C)C)C1. The molecule has 0 radical (unpaired) electrons. The number of hydrogen-bond acceptors (Lipinski definition) is 3. The van der Waals surface area contributed by atoms with E-state index in [9.17, 15) is 4.79 Å². The number of nitrogens with zero attached hydrogens (tertiary/aromatic N) is 3. The van der Waals surface area contributed by atoms with Crippen molar-refractivity contribution in [2.75, 3.05) is 47.3 Å². The van der Waals surface area contributed by atoms with Gasteiger partial charge in [0.1, 0.15) is 0 Å². The summed E-state index contributed by atoms with van der Waals surface area (Å²) in [6.07, 6.45) is 1.40. The highest BCUT2D eigenvalue weighted by Gasteiger charge is 2.26. The van der Waals surface area contributed by atoms with Crippen molar-refractivity contribution in [1.82, 2.24) is 14.7 Å². The second-order valence-corrected chi connectivity index (χ2v) is 4.39. The Morgan fingerprint density at radius 1 is 1.53 bits per heavy atom. The summed E-state index contributed by atoms with van der Waals surface area (Å²) in [6.45, 7) is 7.07. The number of piperazine rings is 1. The second-order valence-electron chi connectivity index (χ2n) is 4.39. The minimum atomic E-state index is 0.0480. The summed E-state index contributed by atoms with van der Waals surface area (Å²) in [4.78, 5) is 17.8. The van der Waals surface area contributed by atoms with Crippen molar-refractivity contribution in [3.05, 3.63) is 12.7 Å². The highest BCUT2D eigenvalue weighted by molar-refractivity contribution is 5.87. The Morgan fingerprint density at radius 3 is 2.73 bits per heavy atom. The van der Waals surface area contributed by atoms with Crippen LogP contribution in [-0.2, 0) is 4.79 Å². The smallest absolute Gasteiger partial charge is 0.246 e. The molecule has 0 spiro atoms. The van der Waals surface area contributed by atoms with Gasteiger partial charge >= 0.3 is 0 Å². The summed E-state index contributed by atoms with van der Waals surface area (Å²) in [5, 5.41) is 0. The number of rotatable bonds is 3. The molecule has 1 atom stereocenters. The van der Waals surface area contributed by atoms with E-state index in [2.05, 4.69) is 37.5 Å². The Balaban J connectivity index is 2.55. The molecule has 15 heavy (non-hydrogen) atoms. The van der Waals surface area contributed by atoms with Crippen molar-refractivity contribution >= 4 is 5.91 Å². The molecule has 0 N–H and O–H groups in total. The molecule has 0 bridgehead atoms. The fourth-order valence-electron chi connectivity index (χ4n) is 1.89. The van der Waals surface area contributed by atoms with Crippen LogP contribution in [0.1, 0.15) is 0 Å². The molecule has 1 aliphatic rings. The van der Waals surface area contributed by atoms with E-state index in [0.29, 0.717) is 6.04 Å². The van der Waals surface area contributed by atoms with E-state index >= 15 is 0 Å². The van der Waals surface area contributed by atoms with E-state index in [0.717, 1.165) is 26.2 Å². The molecule has 4 heteroatoms. The third-order valence-electron chi connectivity index (χ3n) is 2.84. The van der Waals surface area contributed by atoms with E-state index in [-0.39, 0.29) is 5.91 Å². The van der Waals surface area contributed by atoms with Crippen LogP contribution in [0, 0.1) is 0 Å². The summed E-state index contributed by atoms with van der Waals surface area (Å²) in [5.41, 5.74) is 0. The normalized spacial score (nSPS) is 23.2. The molecule has 86 valence electrons. The zero-order valence-corrected chi connectivity index (χ0v) is 9.94. The second kappa shape index (κ2) is 5.28. The summed E-state index contributed by atoms with van der Waals surface area (Å²) in [5.74, 6) is 0.0480. The third-order valence-corrected chi connectivity index (χ3v) is 2.84. The molecule has 1 heterocycles. The van der Waals surface area contributed by atoms with E-state index in [1.807, 2.05) is 4.90 Å². The largest absolute Gasteiger partial charge is 0.336 e. The summed E-state index contributed by atoms with van der Waals surface area (Å²) in [7, 11) is 6.23. The highest BCUT2D eigenvalue weighted by atomic mass is 16.2. The maximum Gasteiger partial charge on any atom is 0.246 e. The molecule has 1 amide bonds. The molecular weight excluding hydrogens is 190 g/mol. The highest BCUT2D eigenvalue weighted by Crippen LogP contribution is 2.08. The topological polar surface area (TPSA) is 26.8 Å². The van der Waals surface area contributed by atoms with E-state index in [1.165, 1.54) is 6.08 Å². The maximum atomic E-state index is 11.5. The molecule has 0 saturated carbocycles. The molecule has 1 aliphatic heterocycles. The predicted octanol–water partition coefficient (Wildman–Crippen LogP) is -0.123. The number of carbonyl (C=O) groups excluding carboxylic acids is 1. The lowest BCUT2D eigenvalue weighted by Gasteiger charge is -2.40. The van der Waals surface area contributed by atoms with Gasteiger partial charge in [0, 0.05) is 32.2 Å². The van der Waals surface area contributed by atoms with E-state index < -0.39 is 0 Å². The third kappa shape index (κ3) is 3.32. The molecule has 1 saturated heterocycles. The van der Waals surface area contributed by atoms with Gasteiger partial charge in [0.15, 0.2) is 0 Å². The van der Waals surface area contributed by atoms with Gasteiger partial charge in [-0.3, -0.25) is 9.69 Å². The first-order chi connectivity index (χ1) is 7.04. The number of amides is 1. The van der Waals surface area contributed by atoms with Crippen LogP contribution >= 0.6 is 0 Å². The molecule has 0 aromatic rings. The van der Waals surface area contributed by atoms with Crippen molar-refractivity contribution in [2.24, 2.45) is 0 Å². The first kappa shape index (κ1) is 12.2. The van der Waals surface area contributed by atoms with Crippen LogP contribution in [0.15, 0.2) is 12.7 Å². The molecular formula is C11H21N3O. The van der Waals surface area contributed by atoms with Gasteiger partial charge in [-0.1, -0.05) is 6.58 Å². The number of carbonyl (C=O) groups is 1. The minimum Gasteiger partial charge on any atom is -0.336 e. The summed E-state index contributed by atoms with van der Waals surface area (Å²) < 4.78 is 0. The first-order valence-electron chi connectivity index (χ1n) is 5.31. The van der Waals surface area contributed by atoms with Gasteiger partial charge in [-0.05, 0) is 27.2 Å². The van der Waals surface area contributed by atoms with Crippen LogP contribution in [-0.4, -0.2) is 74.0 Å². The molecule has 0 unspecified atom stereocenters. The molecule has 0 aliphatic carbocycles. The lowest BCUT2D eigenvalue weighted by atomic mass is 10.1. The average Bonchev–Trinajstić information content (AvgIpc) is 2.19. The van der Waals surface area contributed by atoms with Gasteiger partial charge in [0.2, 0.25) is 5.91 Å². The Kier molecular flexibility index (Phi) is 4.29. The number of likely N-dealkylation sites (N-methyl/N-ethyl adjacent to an activating group) is 2. The van der Waals surface area contributed by atoms with Crippen LogP contribution in [0.4, 0.5) is 0 Å². The number of hydrogen-bond donors (Lipinski definition) is 0. The van der Waals surface area contributed by atoms with Crippen molar-refractivity contribution < 1.29 is 4.79 Å². The standard InChI is InChI=1S/C11H21N3O/c1-5-11(15)14-7-6-13(4)10(9-14)8-12(2)3/h5,10H,1,6-9H2,2-4H3/t10-/m0/s1. The van der Waals surface area contributed by atoms with Crippen LogP contribution < -0.4 is 0 Å². The lowest BCUT2D eigenvalue weighted by molar-refractivity contribution is -0.128. The fraction of sp³-hybridized carbons (Fsp3) is 0.727. The van der Waals surface area contributed by atoms with Crippen molar-refractivity contribution in [3.8, 4) is 0 Å². The van der Waals surface area contributed by atoms with Gasteiger partial charge in [-0.25, -0.2) is 0 Å². The Hall–Kier alpha value is -0.870. The Labute approximate surface area is 92.1 Å². The lowest BCUT2D eigenvalue weighted by Crippen LogP contribution is -2.55. The van der Waals surface area contributed by atoms with Gasteiger partial charge < -0.3 is 9.80 Å². The van der Waals surface area contributed by atoms with Gasteiger partial charge in [-0.15, -0.1) is 0 Å². The Morgan fingerprint density at radius 2 is 2.20 bits per heavy atom. The van der Waals surface area contributed by atoms with Gasteiger partial charge in [0.05, 0.1) is 0 Å². The maximum absolute atomic E-state index is 11.5. The van der Waals surface area contributed by atoms with Crippen LogP contribution in [0.25, 0.3) is 0 Å². The summed E-state index contributed by atoms with van der Waals surface area (Å²) >= 11 is 0. The van der Waals surface area contributed by atoms with Crippen LogP contribution in [0.5, 0.6) is 0 Å². The van der Waals surface area contributed by atoms with Gasteiger partial charge in [-0.2, -0.15) is 0 Å². The van der Waals surface area contributed by atoms with Crippen LogP contribution in [0.2, 0.25) is 0 Å². The Bertz CT molecular complexity index is 240. The van der Waals surface area contributed by atoms with E-state index in [4.69, 9.17) is 0 Å². The summed E-state index contributed by atoms with van der Waals surface area (Å²) in [6, 6.07) is 0.428. The van der Waals surface area contributed by atoms with Crippen molar-refractivity contribution in [1.29, 1.82) is 0 Å². The first-order valence-corrected chi connectivity index (χ1v) is 5.31. The predicted molar refractivity (Wildman–Crippen MR) is 61.7 cm³/mol. The van der Waals surface area contributed by atoms with Crippen molar-refractivity contribution in [3.63, 3.8) is 0 Å². The fourth-order valence-corrected chi connectivity index (χ4v) is 1.89. The quantitative estimate of drug-likeness (QED) is 0.609. The zero-order valence-electron chi connectivity index (χ0n) is 9.94. The van der Waals surface area contributed by atoms with E-state index in [1.54, 1.807) is 0 Å². The molecule has 0 aromatic carbocycles. The van der Waals surface area contributed by atoms with Crippen molar-refractivity contribution in [2.45, 2.75) is 6.04 Å². The molecule has 1 fully saturated rings. The minimum absolute atomic E-state index is 0.0480.